The lowest BCUT2D eigenvalue weighted by molar-refractivity contribution is -0.129. The normalized spacial score (nSPS) is 14.2. The number of ether oxygens (including phenoxy) is 3. The zero-order valence-corrected chi connectivity index (χ0v) is 22.8. The third-order valence-corrected chi connectivity index (χ3v) is 6.45. The number of nitrogens with zero attached hydrogens (tertiary/aromatic N) is 1. The molecule has 0 unspecified atom stereocenters. The molecule has 0 aromatic heterocycles. The van der Waals surface area contributed by atoms with Gasteiger partial charge in [-0.2, -0.15) is 0 Å². The van der Waals surface area contributed by atoms with Crippen molar-refractivity contribution in [3.63, 3.8) is 0 Å². The molecule has 3 amide bonds. The van der Waals surface area contributed by atoms with Crippen LogP contribution in [-0.2, 0) is 11.2 Å². The van der Waals surface area contributed by atoms with Crippen molar-refractivity contribution in [3.05, 3.63) is 89.1 Å². The van der Waals surface area contributed by atoms with E-state index in [9.17, 15) is 24.6 Å². The van der Waals surface area contributed by atoms with Crippen LogP contribution < -0.4 is 24.8 Å². The first-order valence-corrected chi connectivity index (χ1v) is 12.7. The molecular formula is C30H31N3O8. The van der Waals surface area contributed by atoms with Gasteiger partial charge in [0.05, 0.1) is 50.2 Å². The first kappa shape index (κ1) is 29.0. The van der Waals surface area contributed by atoms with Crippen LogP contribution in [-0.4, -0.2) is 66.5 Å². The Hall–Kier alpha value is -5.03. The van der Waals surface area contributed by atoms with Crippen molar-refractivity contribution in [3.8, 4) is 17.2 Å². The van der Waals surface area contributed by atoms with Crippen molar-refractivity contribution in [2.24, 2.45) is 0 Å². The zero-order chi connectivity index (χ0) is 29.5. The van der Waals surface area contributed by atoms with Crippen LogP contribution >= 0.6 is 0 Å². The van der Waals surface area contributed by atoms with Crippen LogP contribution in [0.15, 0.2) is 72.4 Å². The Balaban J connectivity index is 1.40. The minimum absolute atomic E-state index is 0.00668. The number of methoxy groups -OCH3 is 2. The van der Waals surface area contributed by atoms with Gasteiger partial charge in [-0.1, -0.05) is 24.3 Å². The van der Waals surface area contributed by atoms with E-state index in [0.29, 0.717) is 34.1 Å². The predicted octanol–water partition coefficient (Wildman–Crippen LogP) is 4.06. The lowest BCUT2D eigenvalue weighted by Gasteiger charge is -2.22. The molecule has 0 saturated heterocycles. The molecular weight excluding hydrogens is 530 g/mol. The molecule has 4 N–H and O–H groups in total. The molecule has 0 saturated carbocycles. The quantitative estimate of drug-likeness (QED) is 0.290. The number of β-amino-alcohol motifs (C(OH)–C–C–N with tert-alkyl or cyclic N) is 1. The van der Waals surface area contributed by atoms with Crippen LogP contribution in [0.3, 0.4) is 0 Å². The number of benzene rings is 3. The van der Waals surface area contributed by atoms with E-state index in [1.807, 2.05) is 25.1 Å². The number of carboxylic acids is 1. The summed E-state index contributed by atoms with van der Waals surface area (Å²) in [4.78, 5) is 38.4. The predicted molar refractivity (Wildman–Crippen MR) is 152 cm³/mol. The number of carbonyl (C=O) groups excluding carboxylic acids is 2. The first-order chi connectivity index (χ1) is 19.7. The molecule has 3 aromatic carbocycles. The summed E-state index contributed by atoms with van der Waals surface area (Å²) in [6.07, 6.45) is 0.686. The topological polar surface area (TPSA) is 147 Å². The number of carboxylic acid groups (broad SMARTS) is 1. The number of rotatable bonds is 10. The molecule has 0 bridgehead atoms. The maximum Gasteiger partial charge on any atom is 0.335 e. The van der Waals surface area contributed by atoms with E-state index in [-0.39, 0.29) is 36.8 Å². The van der Waals surface area contributed by atoms with Gasteiger partial charge in [0.1, 0.15) is 12.4 Å². The molecule has 11 nitrogen and oxygen atoms in total. The fourth-order valence-corrected chi connectivity index (χ4v) is 4.34. The Kier molecular flexibility index (Phi) is 9.10. The Labute approximate surface area is 237 Å². The molecule has 1 aliphatic rings. The largest absolute Gasteiger partial charge is 0.495 e. The van der Waals surface area contributed by atoms with Crippen LogP contribution in [0, 0.1) is 6.92 Å². The highest BCUT2D eigenvalue weighted by molar-refractivity contribution is 6.01. The van der Waals surface area contributed by atoms with Crippen LogP contribution in [0.1, 0.15) is 21.5 Å². The number of anilines is 2. The van der Waals surface area contributed by atoms with Gasteiger partial charge in [0.15, 0.2) is 11.5 Å². The summed E-state index contributed by atoms with van der Waals surface area (Å²) in [5, 5.41) is 25.0. The Morgan fingerprint density at radius 2 is 1.66 bits per heavy atom. The van der Waals surface area contributed by atoms with Crippen molar-refractivity contribution in [2.45, 2.75) is 19.4 Å². The Morgan fingerprint density at radius 1 is 0.927 bits per heavy atom. The first-order valence-electron chi connectivity index (χ1n) is 12.7. The summed E-state index contributed by atoms with van der Waals surface area (Å²) < 4.78 is 16.5. The monoisotopic (exact) mass is 561 g/mol. The lowest BCUT2D eigenvalue weighted by Crippen LogP contribution is -2.33. The number of aryl methyl sites for hydroxylation is 1. The standard InChI is InChI=1S/C30H31N3O8/c1-18-6-4-5-7-23(18)31-30(38)32-24-10-8-19(12-26(24)39-2)13-28(35)33-16-22(34)15-21(33)17-41-25-11-9-20(29(36)37)14-27(25)40-3/h4-12,14-15,22,34H,13,16-17H2,1-3H3,(H,36,37)(H2,31,32,38)/t22-/m1/s1. The number of amides is 3. The summed E-state index contributed by atoms with van der Waals surface area (Å²) in [5.41, 5.74) is 3.19. The van der Waals surface area contributed by atoms with E-state index in [1.165, 1.54) is 43.4 Å². The maximum atomic E-state index is 13.2. The molecule has 0 spiro atoms. The number of hydrogen-bond donors (Lipinski definition) is 4. The summed E-state index contributed by atoms with van der Waals surface area (Å²) in [6, 6.07) is 16.2. The molecule has 1 heterocycles. The highest BCUT2D eigenvalue weighted by atomic mass is 16.5. The van der Waals surface area contributed by atoms with Gasteiger partial charge in [0.2, 0.25) is 5.91 Å². The van der Waals surface area contributed by atoms with Crippen LogP contribution in [0.5, 0.6) is 17.2 Å². The smallest absolute Gasteiger partial charge is 0.335 e. The second-order valence-electron chi connectivity index (χ2n) is 9.29. The van der Waals surface area contributed by atoms with Gasteiger partial charge in [-0.3, -0.25) is 4.79 Å². The number of aromatic carboxylic acids is 1. The number of nitrogens with one attached hydrogen (secondary N) is 2. The molecule has 1 atom stereocenters. The fraction of sp³-hybridized carbons (Fsp3) is 0.233. The third kappa shape index (κ3) is 7.14. The number of urea groups is 1. The maximum absolute atomic E-state index is 13.2. The van der Waals surface area contributed by atoms with Gasteiger partial charge in [-0.05, 0) is 60.5 Å². The van der Waals surface area contributed by atoms with Gasteiger partial charge in [-0.25, -0.2) is 9.59 Å². The number of aliphatic hydroxyl groups excluding tert-OH is 1. The van der Waals surface area contributed by atoms with Crippen molar-refractivity contribution in [2.75, 3.05) is 38.0 Å². The van der Waals surface area contributed by atoms with Gasteiger partial charge in [0, 0.05) is 5.69 Å². The summed E-state index contributed by atoms with van der Waals surface area (Å²) in [6.45, 7) is 1.92. The minimum Gasteiger partial charge on any atom is -0.495 e. The highest BCUT2D eigenvalue weighted by Gasteiger charge is 2.28. The van der Waals surface area contributed by atoms with Gasteiger partial charge < -0.3 is 40.0 Å². The molecule has 4 rings (SSSR count). The van der Waals surface area contributed by atoms with E-state index in [0.717, 1.165) is 5.56 Å². The van der Waals surface area contributed by atoms with E-state index in [4.69, 9.17) is 14.2 Å². The van der Waals surface area contributed by atoms with Crippen LogP contribution in [0.4, 0.5) is 16.2 Å². The molecule has 0 radical (unpaired) electrons. The molecule has 41 heavy (non-hydrogen) atoms. The van der Waals surface area contributed by atoms with Crippen molar-refractivity contribution in [1.82, 2.24) is 4.90 Å². The second kappa shape index (κ2) is 12.9. The average molecular weight is 562 g/mol. The Bertz CT molecular complexity index is 1490. The number of aliphatic hydroxyl groups is 1. The third-order valence-electron chi connectivity index (χ3n) is 6.45. The van der Waals surface area contributed by atoms with Crippen LogP contribution in [0.2, 0.25) is 0 Å². The molecule has 0 fully saturated rings. The van der Waals surface area contributed by atoms with E-state index < -0.39 is 18.1 Å². The molecule has 214 valence electrons. The van der Waals surface area contributed by atoms with E-state index in [2.05, 4.69) is 10.6 Å². The van der Waals surface area contributed by atoms with Crippen molar-refractivity contribution in [1.29, 1.82) is 0 Å². The highest BCUT2D eigenvalue weighted by Crippen LogP contribution is 2.30. The van der Waals surface area contributed by atoms with Crippen molar-refractivity contribution < 1.29 is 38.8 Å². The molecule has 1 aliphatic heterocycles. The van der Waals surface area contributed by atoms with E-state index in [1.54, 1.807) is 24.3 Å². The summed E-state index contributed by atoms with van der Waals surface area (Å²) in [7, 11) is 2.87. The SMILES string of the molecule is COc1cc(CC(=O)N2C[C@H](O)C=C2COc2ccc(C(=O)O)cc2OC)ccc1NC(=O)Nc1ccccc1C. The molecule has 11 heteroatoms. The molecule has 3 aromatic rings. The van der Waals surface area contributed by atoms with Crippen LogP contribution in [0.25, 0.3) is 0 Å². The van der Waals surface area contributed by atoms with Gasteiger partial charge >= 0.3 is 12.0 Å². The second-order valence-corrected chi connectivity index (χ2v) is 9.29. The summed E-state index contributed by atoms with van der Waals surface area (Å²) in [5.74, 6) is -0.460. The molecule has 0 aliphatic carbocycles. The van der Waals surface area contributed by atoms with Gasteiger partial charge in [-0.15, -0.1) is 0 Å². The summed E-state index contributed by atoms with van der Waals surface area (Å²) >= 11 is 0. The number of carbonyl (C=O) groups is 3. The minimum atomic E-state index is -1.10. The zero-order valence-electron chi connectivity index (χ0n) is 22.8. The van der Waals surface area contributed by atoms with Crippen molar-refractivity contribution >= 4 is 29.3 Å². The average Bonchev–Trinajstić information content (AvgIpc) is 3.34. The number of hydrogen-bond acceptors (Lipinski definition) is 7. The Morgan fingerprint density at radius 3 is 2.37 bits per heavy atom. The lowest BCUT2D eigenvalue weighted by atomic mass is 10.1. The van der Waals surface area contributed by atoms with Gasteiger partial charge in [0.25, 0.3) is 0 Å². The van der Waals surface area contributed by atoms with E-state index >= 15 is 0 Å². The number of para-hydroxylation sites is 1. The fourth-order valence-electron chi connectivity index (χ4n) is 4.34.